The lowest BCUT2D eigenvalue weighted by atomic mass is 10.1. The molecular formula is C18H25N7O2. The third-order valence-electron chi connectivity index (χ3n) is 5.27. The van der Waals surface area contributed by atoms with Crippen molar-refractivity contribution in [2.75, 3.05) is 30.8 Å². The second kappa shape index (κ2) is 6.41. The van der Waals surface area contributed by atoms with Gasteiger partial charge in [-0.1, -0.05) is 0 Å². The number of ether oxygens (including phenoxy) is 1. The van der Waals surface area contributed by atoms with Crippen LogP contribution in [0.3, 0.4) is 0 Å². The molecule has 0 aromatic carbocycles. The zero-order valence-electron chi connectivity index (χ0n) is 16.1. The van der Waals surface area contributed by atoms with Gasteiger partial charge in [-0.3, -0.25) is 14.6 Å². The van der Waals surface area contributed by atoms with Crippen LogP contribution in [0, 0.1) is 0 Å². The molecule has 27 heavy (non-hydrogen) atoms. The standard InChI is InChI=1S/C18H25N7O2/c1-10(2)25-9-12(16-15(18(25)26)17(19)21-20-16)13-7-14(23(3)22-13)24-6-5-11(8-24)27-4/h7,9-11H,5-6,8H2,1-4H3,(H3,19,20,21). The van der Waals surface area contributed by atoms with E-state index in [1.54, 1.807) is 11.7 Å². The number of methoxy groups -OCH3 is 1. The largest absolute Gasteiger partial charge is 0.382 e. The predicted molar refractivity (Wildman–Crippen MR) is 105 cm³/mol. The first-order valence-corrected chi connectivity index (χ1v) is 9.11. The van der Waals surface area contributed by atoms with E-state index in [0.717, 1.165) is 36.6 Å². The number of H-pyrrole nitrogens is 1. The molecule has 0 saturated carbocycles. The van der Waals surface area contributed by atoms with Crippen LogP contribution < -0.4 is 16.2 Å². The van der Waals surface area contributed by atoms with Crippen molar-refractivity contribution in [2.45, 2.75) is 32.4 Å². The van der Waals surface area contributed by atoms with Crippen molar-refractivity contribution in [1.29, 1.82) is 0 Å². The van der Waals surface area contributed by atoms with Crippen molar-refractivity contribution in [3.05, 3.63) is 22.6 Å². The minimum atomic E-state index is -0.145. The molecule has 1 saturated heterocycles. The Balaban J connectivity index is 1.85. The normalized spacial score (nSPS) is 17.5. The van der Waals surface area contributed by atoms with Gasteiger partial charge in [0.1, 0.15) is 11.2 Å². The molecule has 4 rings (SSSR count). The van der Waals surface area contributed by atoms with E-state index >= 15 is 0 Å². The second-order valence-corrected chi connectivity index (χ2v) is 7.31. The fourth-order valence-electron chi connectivity index (χ4n) is 3.75. The lowest BCUT2D eigenvalue weighted by Gasteiger charge is -2.17. The number of hydrogen-bond donors (Lipinski definition) is 2. The zero-order chi connectivity index (χ0) is 19.3. The summed E-state index contributed by atoms with van der Waals surface area (Å²) < 4.78 is 9.01. The van der Waals surface area contributed by atoms with Crippen molar-refractivity contribution >= 4 is 22.5 Å². The maximum Gasteiger partial charge on any atom is 0.264 e. The van der Waals surface area contributed by atoms with Gasteiger partial charge in [0.05, 0.1) is 17.3 Å². The highest BCUT2D eigenvalue weighted by Gasteiger charge is 2.26. The number of anilines is 2. The Morgan fingerprint density at radius 1 is 1.41 bits per heavy atom. The average molecular weight is 371 g/mol. The van der Waals surface area contributed by atoms with Gasteiger partial charge in [0, 0.05) is 51.1 Å². The number of nitrogens with two attached hydrogens (primary N) is 1. The Hall–Kier alpha value is -2.81. The summed E-state index contributed by atoms with van der Waals surface area (Å²) in [6.45, 7) is 5.70. The van der Waals surface area contributed by atoms with Crippen LogP contribution in [-0.2, 0) is 11.8 Å². The van der Waals surface area contributed by atoms with Gasteiger partial charge in [0.15, 0.2) is 5.82 Å². The van der Waals surface area contributed by atoms with Crippen molar-refractivity contribution in [1.82, 2.24) is 24.5 Å². The summed E-state index contributed by atoms with van der Waals surface area (Å²) in [6.07, 6.45) is 3.07. The highest BCUT2D eigenvalue weighted by molar-refractivity contribution is 5.97. The van der Waals surface area contributed by atoms with E-state index in [1.165, 1.54) is 0 Å². The Bertz CT molecular complexity index is 1050. The van der Waals surface area contributed by atoms with Crippen molar-refractivity contribution < 1.29 is 4.74 Å². The minimum absolute atomic E-state index is 0.000763. The summed E-state index contributed by atoms with van der Waals surface area (Å²) in [5, 5.41) is 12.1. The third-order valence-corrected chi connectivity index (χ3v) is 5.27. The number of nitrogen functional groups attached to an aromatic ring is 1. The van der Waals surface area contributed by atoms with Crippen LogP contribution >= 0.6 is 0 Å². The highest BCUT2D eigenvalue weighted by Crippen LogP contribution is 2.31. The summed E-state index contributed by atoms with van der Waals surface area (Å²) in [7, 11) is 3.67. The molecule has 3 N–H and O–H groups in total. The highest BCUT2D eigenvalue weighted by atomic mass is 16.5. The molecule has 3 aromatic heterocycles. The van der Waals surface area contributed by atoms with E-state index in [0.29, 0.717) is 10.9 Å². The minimum Gasteiger partial charge on any atom is -0.382 e. The van der Waals surface area contributed by atoms with E-state index in [2.05, 4.69) is 15.1 Å². The Labute approximate surface area is 156 Å². The van der Waals surface area contributed by atoms with Crippen LogP contribution in [0.5, 0.6) is 0 Å². The molecule has 1 aliphatic rings. The van der Waals surface area contributed by atoms with Gasteiger partial charge in [-0.2, -0.15) is 10.2 Å². The summed E-state index contributed by atoms with van der Waals surface area (Å²) in [5.74, 6) is 1.23. The molecule has 0 amide bonds. The van der Waals surface area contributed by atoms with Gasteiger partial charge in [0.2, 0.25) is 0 Å². The zero-order valence-corrected chi connectivity index (χ0v) is 16.1. The molecule has 9 nitrogen and oxygen atoms in total. The summed E-state index contributed by atoms with van der Waals surface area (Å²) in [5.41, 5.74) is 8.02. The molecule has 0 bridgehead atoms. The third kappa shape index (κ3) is 2.78. The van der Waals surface area contributed by atoms with E-state index in [4.69, 9.17) is 15.6 Å². The van der Waals surface area contributed by atoms with Crippen LogP contribution in [0.25, 0.3) is 22.2 Å². The quantitative estimate of drug-likeness (QED) is 0.720. The Morgan fingerprint density at radius 3 is 2.85 bits per heavy atom. The van der Waals surface area contributed by atoms with Crippen LogP contribution in [-0.4, -0.2) is 50.8 Å². The molecule has 0 radical (unpaired) electrons. The first kappa shape index (κ1) is 17.6. The molecule has 1 aliphatic heterocycles. The number of nitrogens with zero attached hydrogens (tertiary/aromatic N) is 5. The fourth-order valence-corrected chi connectivity index (χ4v) is 3.75. The molecule has 1 atom stereocenters. The van der Waals surface area contributed by atoms with Crippen LogP contribution in [0.15, 0.2) is 17.1 Å². The number of aromatic amines is 1. The topological polar surface area (TPSA) is 107 Å². The van der Waals surface area contributed by atoms with Gasteiger partial charge < -0.3 is 19.9 Å². The first-order valence-electron chi connectivity index (χ1n) is 9.11. The van der Waals surface area contributed by atoms with Crippen LogP contribution in [0.2, 0.25) is 0 Å². The molecule has 1 fully saturated rings. The second-order valence-electron chi connectivity index (χ2n) is 7.31. The smallest absolute Gasteiger partial charge is 0.264 e. The maximum absolute atomic E-state index is 12.8. The first-order chi connectivity index (χ1) is 12.9. The van der Waals surface area contributed by atoms with Gasteiger partial charge in [-0.25, -0.2) is 0 Å². The molecule has 1 unspecified atom stereocenters. The van der Waals surface area contributed by atoms with Crippen LogP contribution in [0.4, 0.5) is 11.6 Å². The van der Waals surface area contributed by atoms with Gasteiger partial charge in [0.25, 0.3) is 5.56 Å². The molecule has 4 heterocycles. The fraction of sp³-hybridized carbons (Fsp3) is 0.500. The number of fused-ring (bicyclic) bond motifs is 1. The van der Waals surface area contributed by atoms with Crippen molar-refractivity contribution in [3.63, 3.8) is 0 Å². The van der Waals surface area contributed by atoms with E-state index in [9.17, 15) is 4.79 Å². The van der Waals surface area contributed by atoms with E-state index in [1.807, 2.05) is 37.8 Å². The Kier molecular flexibility index (Phi) is 4.18. The predicted octanol–water partition coefficient (Wildman–Crippen LogP) is 1.51. The number of pyridine rings is 1. The number of hydrogen-bond acceptors (Lipinski definition) is 6. The molecule has 144 valence electrons. The number of rotatable bonds is 4. The molecule has 0 aliphatic carbocycles. The van der Waals surface area contributed by atoms with E-state index < -0.39 is 0 Å². The molecular weight excluding hydrogens is 346 g/mol. The molecule has 3 aromatic rings. The Morgan fingerprint density at radius 2 is 2.19 bits per heavy atom. The number of nitrogens with one attached hydrogen (secondary N) is 1. The van der Waals surface area contributed by atoms with Gasteiger partial charge >= 0.3 is 0 Å². The van der Waals surface area contributed by atoms with Gasteiger partial charge in [-0.15, -0.1) is 0 Å². The SMILES string of the molecule is COC1CCN(c2cc(-c3cn(C(C)C)c(=O)c4c(N)n[nH]c34)nn2C)C1. The van der Waals surface area contributed by atoms with Crippen molar-refractivity contribution in [2.24, 2.45) is 7.05 Å². The lowest BCUT2D eigenvalue weighted by molar-refractivity contribution is 0.121. The summed E-state index contributed by atoms with van der Waals surface area (Å²) in [6, 6.07) is 2.04. The maximum atomic E-state index is 12.8. The summed E-state index contributed by atoms with van der Waals surface area (Å²) >= 11 is 0. The summed E-state index contributed by atoms with van der Waals surface area (Å²) in [4.78, 5) is 15.0. The van der Waals surface area contributed by atoms with Crippen LogP contribution in [0.1, 0.15) is 26.3 Å². The van der Waals surface area contributed by atoms with Gasteiger partial charge in [-0.05, 0) is 20.3 Å². The van der Waals surface area contributed by atoms with E-state index in [-0.39, 0.29) is 23.5 Å². The number of aromatic nitrogens is 5. The average Bonchev–Trinajstić information content (AvgIpc) is 3.33. The lowest BCUT2D eigenvalue weighted by Crippen LogP contribution is -2.24. The monoisotopic (exact) mass is 371 g/mol. The molecule has 9 heteroatoms. The number of aryl methyl sites for hydroxylation is 1. The van der Waals surface area contributed by atoms with Crippen molar-refractivity contribution in [3.8, 4) is 11.3 Å². The molecule has 0 spiro atoms.